The average Bonchev–Trinajstić information content (AvgIpc) is 3.31. The standard InChI is InChI=1S/C20H16N4O4/c1-11-4-5-12-9-24(17(25)13(12)7-11)10-20(18(26)22-19(27)23-20)16-8-14-15(28-16)3-2-6-21-14/h2-8H,9-10H2,1H3,(H2,22,23,26,27)/t20-/m0/s1. The fourth-order valence-electron chi connectivity index (χ4n) is 3.82. The number of nitrogens with zero attached hydrogens (tertiary/aromatic N) is 2. The number of furan rings is 1. The van der Waals surface area contributed by atoms with Crippen LogP contribution < -0.4 is 10.6 Å². The Labute approximate surface area is 159 Å². The Morgan fingerprint density at radius 3 is 2.82 bits per heavy atom. The summed E-state index contributed by atoms with van der Waals surface area (Å²) in [6, 6.07) is 10.1. The van der Waals surface area contributed by atoms with E-state index in [4.69, 9.17) is 4.42 Å². The summed E-state index contributed by atoms with van der Waals surface area (Å²) in [5.41, 5.74) is 2.05. The topological polar surface area (TPSA) is 105 Å². The fourth-order valence-corrected chi connectivity index (χ4v) is 3.82. The number of hydrogen-bond acceptors (Lipinski definition) is 5. The van der Waals surface area contributed by atoms with Crippen molar-refractivity contribution in [2.24, 2.45) is 0 Å². The number of hydrogen-bond donors (Lipinski definition) is 2. The van der Waals surface area contributed by atoms with Crippen LogP contribution in [0.4, 0.5) is 4.79 Å². The van der Waals surface area contributed by atoms with Crippen molar-refractivity contribution >= 4 is 28.9 Å². The van der Waals surface area contributed by atoms with E-state index in [1.165, 1.54) is 0 Å². The van der Waals surface area contributed by atoms with Crippen LogP contribution in [0, 0.1) is 6.92 Å². The Hall–Kier alpha value is -3.68. The molecule has 0 saturated carbocycles. The number of aryl methyl sites for hydroxylation is 1. The van der Waals surface area contributed by atoms with Crippen molar-refractivity contribution in [2.45, 2.75) is 19.0 Å². The molecule has 1 aromatic carbocycles. The van der Waals surface area contributed by atoms with E-state index in [0.717, 1.165) is 11.1 Å². The highest BCUT2D eigenvalue weighted by molar-refractivity contribution is 6.08. The molecule has 0 radical (unpaired) electrons. The van der Waals surface area contributed by atoms with E-state index in [2.05, 4.69) is 15.6 Å². The Balaban J connectivity index is 1.56. The van der Waals surface area contributed by atoms with E-state index in [1.807, 2.05) is 25.1 Å². The molecule has 1 fully saturated rings. The minimum atomic E-state index is -1.51. The van der Waals surface area contributed by atoms with E-state index in [0.29, 0.717) is 23.2 Å². The maximum absolute atomic E-state index is 12.9. The number of amides is 4. The first kappa shape index (κ1) is 16.5. The summed E-state index contributed by atoms with van der Waals surface area (Å²) in [4.78, 5) is 43.4. The molecule has 4 heterocycles. The first-order chi connectivity index (χ1) is 13.5. The van der Waals surface area contributed by atoms with Gasteiger partial charge in [0.15, 0.2) is 11.1 Å². The molecule has 28 heavy (non-hydrogen) atoms. The summed E-state index contributed by atoms with van der Waals surface area (Å²) < 4.78 is 5.84. The first-order valence-electron chi connectivity index (χ1n) is 8.84. The van der Waals surface area contributed by atoms with Gasteiger partial charge in [-0.15, -0.1) is 0 Å². The Morgan fingerprint density at radius 1 is 1.21 bits per heavy atom. The predicted molar refractivity (Wildman–Crippen MR) is 98.3 cm³/mol. The highest BCUT2D eigenvalue weighted by atomic mass is 16.3. The van der Waals surface area contributed by atoms with E-state index < -0.39 is 17.5 Å². The molecule has 1 atom stereocenters. The lowest BCUT2D eigenvalue weighted by Gasteiger charge is -2.28. The van der Waals surface area contributed by atoms with Gasteiger partial charge in [-0.3, -0.25) is 19.9 Å². The van der Waals surface area contributed by atoms with Gasteiger partial charge in [0.1, 0.15) is 11.3 Å². The SMILES string of the molecule is Cc1ccc2c(c1)C(=O)N(C[C@@]1(c3cc4ncccc4o3)NC(=O)NC1=O)C2. The van der Waals surface area contributed by atoms with Gasteiger partial charge in [0.05, 0.1) is 6.54 Å². The fraction of sp³-hybridized carbons (Fsp3) is 0.200. The van der Waals surface area contributed by atoms with Gasteiger partial charge in [0.25, 0.3) is 11.8 Å². The van der Waals surface area contributed by atoms with Crippen LogP contribution in [-0.4, -0.2) is 34.3 Å². The molecule has 2 aromatic heterocycles. The van der Waals surface area contributed by atoms with Crippen LogP contribution in [0.15, 0.2) is 47.0 Å². The minimum absolute atomic E-state index is 0.0447. The van der Waals surface area contributed by atoms with E-state index >= 15 is 0 Å². The van der Waals surface area contributed by atoms with Gasteiger partial charge in [-0.05, 0) is 30.7 Å². The molecule has 2 N–H and O–H groups in total. The summed E-state index contributed by atoms with van der Waals surface area (Å²) in [6.45, 7) is 2.23. The van der Waals surface area contributed by atoms with Gasteiger partial charge < -0.3 is 14.6 Å². The second-order valence-corrected chi connectivity index (χ2v) is 7.13. The van der Waals surface area contributed by atoms with Gasteiger partial charge in [-0.1, -0.05) is 17.7 Å². The summed E-state index contributed by atoms with van der Waals surface area (Å²) >= 11 is 0. The van der Waals surface area contributed by atoms with Crippen LogP contribution in [-0.2, 0) is 16.9 Å². The number of benzene rings is 1. The van der Waals surface area contributed by atoms with Crippen molar-refractivity contribution in [1.29, 1.82) is 0 Å². The van der Waals surface area contributed by atoms with Crippen molar-refractivity contribution in [3.8, 4) is 0 Å². The zero-order valence-electron chi connectivity index (χ0n) is 15.0. The molecule has 2 aliphatic heterocycles. The lowest BCUT2D eigenvalue weighted by atomic mass is 9.95. The van der Waals surface area contributed by atoms with E-state index in [-0.39, 0.29) is 18.2 Å². The second kappa shape index (κ2) is 5.66. The van der Waals surface area contributed by atoms with Crippen molar-refractivity contribution in [3.63, 3.8) is 0 Å². The number of rotatable bonds is 3. The Bertz CT molecular complexity index is 1130. The normalized spacial score (nSPS) is 21.2. The third-order valence-corrected chi connectivity index (χ3v) is 5.22. The lowest BCUT2D eigenvalue weighted by molar-refractivity contribution is -0.125. The third-order valence-electron chi connectivity index (χ3n) is 5.22. The zero-order chi connectivity index (χ0) is 19.5. The summed E-state index contributed by atoms with van der Waals surface area (Å²) in [5.74, 6) is -0.498. The number of nitrogens with one attached hydrogen (secondary N) is 2. The second-order valence-electron chi connectivity index (χ2n) is 7.13. The average molecular weight is 376 g/mol. The quantitative estimate of drug-likeness (QED) is 0.679. The van der Waals surface area contributed by atoms with Gasteiger partial charge >= 0.3 is 6.03 Å². The highest BCUT2D eigenvalue weighted by Gasteiger charge is 2.53. The highest BCUT2D eigenvalue weighted by Crippen LogP contribution is 2.33. The molecule has 4 amide bonds. The molecule has 0 bridgehead atoms. The van der Waals surface area contributed by atoms with Crippen LogP contribution in [0.25, 0.3) is 11.1 Å². The molecule has 0 aliphatic carbocycles. The molecular weight excluding hydrogens is 360 g/mol. The molecule has 140 valence electrons. The zero-order valence-corrected chi connectivity index (χ0v) is 15.0. The first-order valence-corrected chi connectivity index (χ1v) is 8.84. The van der Waals surface area contributed by atoms with Crippen molar-refractivity contribution in [1.82, 2.24) is 20.5 Å². The third kappa shape index (κ3) is 2.31. The number of aromatic nitrogens is 1. The number of urea groups is 1. The largest absolute Gasteiger partial charge is 0.456 e. The molecule has 2 aliphatic rings. The molecular formula is C20H16N4O4. The van der Waals surface area contributed by atoms with Gasteiger partial charge in [-0.2, -0.15) is 0 Å². The smallest absolute Gasteiger partial charge is 0.322 e. The van der Waals surface area contributed by atoms with Crippen molar-refractivity contribution < 1.29 is 18.8 Å². The molecule has 1 saturated heterocycles. The van der Waals surface area contributed by atoms with Gasteiger partial charge in [0.2, 0.25) is 0 Å². The van der Waals surface area contributed by atoms with E-state index in [1.54, 1.807) is 29.3 Å². The number of carbonyl (C=O) groups excluding carboxylic acids is 3. The van der Waals surface area contributed by atoms with Crippen LogP contribution in [0.1, 0.15) is 27.2 Å². The minimum Gasteiger partial charge on any atom is -0.456 e. The predicted octanol–water partition coefficient (Wildman–Crippen LogP) is 1.83. The molecule has 0 spiro atoms. The molecule has 5 rings (SSSR count). The number of fused-ring (bicyclic) bond motifs is 2. The Morgan fingerprint density at radius 2 is 2.07 bits per heavy atom. The van der Waals surface area contributed by atoms with Crippen LogP contribution >= 0.6 is 0 Å². The van der Waals surface area contributed by atoms with Gasteiger partial charge in [-0.25, -0.2) is 4.79 Å². The van der Waals surface area contributed by atoms with Crippen molar-refractivity contribution in [3.05, 3.63) is 65.0 Å². The molecule has 8 nitrogen and oxygen atoms in total. The van der Waals surface area contributed by atoms with Crippen molar-refractivity contribution in [2.75, 3.05) is 6.54 Å². The van der Waals surface area contributed by atoms with Crippen LogP contribution in [0.3, 0.4) is 0 Å². The lowest BCUT2D eigenvalue weighted by Crippen LogP contribution is -2.52. The monoisotopic (exact) mass is 376 g/mol. The molecule has 8 heteroatoms. The van der Waals surface area contributed by atoms with Gasteiger partial charge in [0, 0.05) is 24.4 Å². The number of carbonyl (C=O) groups is 3. The Kier molecular flexibility index (Phi) is 3.33. The van der Waals surface area contributed by atoms with Crippen LogP contribution in [0.5, 0.6) is 0 Å². The maximum atomic E-state index is 12.9. The van der Waals surface area contributed by atoms with Crippen LogP contribution in [0.2, 0.25) is 0 Å². The molecule has 0 unspecified atom stereocenters. The summed E-state index contributed by atoms with van der Waals surface area (Å²) in [5, 5.41) is 4.93. The molecule has 3 aromatic rings. The number of imide groups is 1. The van der Waals surface area contributed by atoms with E-state index in [9.17, 15) is 14.4 Å². The maximum Gasteiger partial charge on any atom is 0.322 e. The number of pyridine rings is 1. The summed E-state index contributed by atoms with van der Waals surface area (Å²) in [6.07, 6.45) is 1.62. The summed E-state index contributed by atoms with van der Waals surface area (Å²) in [7, 11) is 0.